The number of nitrogens with one attached hydrogen (secondary N) is 5. The van der Waals surface area contributed by atoms with Gasteiger partial charge in [0.25, 0.3) is 0 Å². The fourth-order valence-corrected chi connectivity index (χ4v) is 2.59. The third-order valence-electron chi connectivity index (χ3n) is 4.09. The van der Waals surface area contributed by atoms with Gasteiger partial charge in [0.1, 0.15) is 11.2 Å². The zero-order valence-corrected chi connectivity index (χ0v) is 23.1. The summed E-state index contributed by atoms with van der Waals surface area (Å²) in [5.74, 6) is 1.30. The van der Waals surface area contributed by atoms with E-state index in [4.69, 9.17) is 9.47 Å². The number of alkyl carbamates (subject to hydrolysis) is 2. The first-order valence-corrected chi connectivity index (χ1v) is 12.3. The standard InChI is InChI=1S/C23H45N9O4/c1-22(2,3)35-20(33)27-13-9-11-24-17-29-18(31-19(30-17)26-15-16-32(7)8)25-12-10-14-28-21(34)36-23(4,5)6/h9-16H2,1-8H3,(H,27,33)(H,28,34)(H3,24,25,26,29,30,31). The van der Waals surface area contributed by atoms with E-state index in [1.54, 1.807) is 0 Å². The summed E-state index contributed by atoms with van der Waals surface area (Å²) in [6.45, 7) is 14.4. The topological polar surface area (TPSA) is 155 Å². The fraction of sp³-hybridized carbons (Fsp3) is 0.783. The zero-order chi connectivity index (χ0) is 27.2. The molecule has 2 amide bonds. The van der Waals surface area contributed by atoms with Crippen molar-refractivity contribution in [2.45, 2.75) is 65.6 Å². The van der Waals surface area contributed by atoms with Crippen molar-refractivity contribution in [1.29, 1.82) is 0 Å². The molecule has 0 aliphatic heterocycles. The van der Waals surface area contributed by atoms with E-state index >= 15 is 0 Å². The number of amides is 2. The number of aromatic nitrogens is 3. The number of rotatable bonds is 14. The van der Waals surface area contributed by atoms with Crippen LogP contribution in [0.1, 0.15) is 54.4 Å². The molecule has 0 fully saturated rings. The number of ether oxygens (including phenoxy) is 2. The molecule has 0 saturated heterocycles. The Bertz CT molecular complexity index is 752. The van der Waals surface area contributed by atoms with Crippen molar-refractivity contribution in [2.24, 2.45) is 0 Å². The first-order chi connectivity index (χ1) is 16.7. The molecule has 0 aromatic carbocycles. The number of carbonyl (C=O) groups excluding carboxylic acids is 2. The number of nitrogens with zero attached hydrogens (tertiary/aromatic N) is 4. The van der Waals surface area contributed by atoms with Gasteiger partial charge in [0.2, 0.25) is 17.8 Å². The number of carbonyl (C=O) groups is 2. The summed E-state index contributed by atoms with van der Waals surface area (Å²) >= 11 is 0. The Labute approximate surface area is 214 Å². The Morgan fingerprint density at radius 1 is 0.667 bits per heavy atom. The van der Waals surface area contributed by atoms with E-state index in [1.165, 1.54) is 0 Å². The van der Waals surface area contributed by atoms with Gasteiger partial charge >= 0.3 is 12.2 Å². The molecule has 0 bridgehead atoms. The Kier molecular flexibility index (Phi) is 13.0. The van der Waals surface area contributed by atoms with Crippen LogP contribution in [-0.4, -0.2) is 96.6 Å². The van der Waals surface area contributed by atoms with Gasteiger partial charge in [-0.05, 0) is 68.5 Å². The summed E-state index contributed by atoms with van der Waals surface area (Å²) in [6.07, 6.45) is 0.436. The second-order valence-electron chi connectivity index (χ2n) is 10.5. The summed E-state index contributed by atoms with van der Waals surface area (Å²) in [5.41, 5.74) is -1.06. The lowest BCUT2D eigenvalue weighted by Crippen LogP contribution is -2.33. The maximum Gasteiger partial charge on any atom is 0.407 e. The minimum atomic E-state index is -0.529. The van der Waals surface area contributed by atoms with Crippen LogP contribution in [0.3, 0.4) is 0 Å². The number of hydrogen-bond donors (Lipinski definition) is 5. The van der Waals surface area contributed by atoms with Crippen LogP contribution in [0.5, 0.6) is 0 Å². The van der Waals surface area contributed by atoms with Gasteiger partial charge in [-0.25, -0.2) is 9.59 Å². The van der Waals surface area contributed by atoms with Gasteiger partial charge in [-0.2, -0.15) is 15.0 Å². The summed E-state index contributed by atoms with van der Waals surface area (Å²) in [7, 11) is 3.98. The Morgan fingerprint density at radius 2 is 1.03 bits per heavy atom. The highest BCUT2D eigenvalue weighted by Crippen LogP contribution is 2.10. The first-order valence-electron chi connectivity index (χ1n) is 12.3. The molecule has 13 heteroatoms. The fourth-order valence-electron chi connectivity index (χ4n) is 2.59. The Balaban J connectivity index is 2.54. The molecule has 0 unspecified atom stereocenters. The minimum absolute atomic E-state index is 0.420. The summed E-state index contributed by atoms with van der Waals surface area (Å²) in [4.78, 5) is 38.8. The Hall–Kier alpha value is -3.09. The molecule has 0 spiro atoms. The monoisotopic (exact) mass is 511 g/mol. The first kappa shape index (κ1) is 30.9. The normalized spacial score (nSPS) is 11.6. The predicted octanol–water partition coefficient (Wildman–Crippen LogP) is 2.50. The van der Waals surface area contributed by atoms with E-state index in [0.29, 0.717) is 63.4 Å². The molecular formula is C23H45N9O4. The highest BCUT2D eigenvalue weighted by Gasteiger charge is 2.16. The highest BCUT2D eigenvalue weighted by atomic mass is 16.6. The lowest BCUT2D eigenvalue weighted by Gasteiger charge is -2.19. The van der Waals surface area contributed by atoms with Gasteiger partial charge in [0, 0.05) is 39.3 Å². The number of anilines is 3. The van der Waals surface area contributed by atoms with E-state index in [1.807, 2.05) is 55.6 Å². The molecule has 1 aromatic heterocycles. The van der Waals surface area contributed by atoms with Crippen LogP contribution in [0.25, 0.3) is 0 Å². The van der Waals surface area contributed by atoms with Gasteiger partial charge in [-0.1, -0.05) is 0 Å². The van der Waals surface area contributed by atoms with E-state index < -0.39 is 23.4 Å². The molecule has 1 rings (SSSR count). The van der Waals surface area contributed by atoms with Crippen molar-refractivity contribution in [3.8, 4) is 0 Å². The van der Waals surface area contributed by atoms with E-state index in [-0.39, 0.29) is 0 Å². The predicted molar refractivity (Wildman–Crippen MR) is 142 cm³/mol. The van der Waals surface area contributed by atoms with Crippen LogP contribution in [0.2, 0.25) is 0 Å². The van der Waals surface area contributed by atoms with E-state index in [2.05, 4.69) is 46.4 Å². The van der Waals surface area contributed by atoms with Gasteiger partial charge in [0.05, 0.1) is 0 Å². The van der Waals surface area contributed by atoms with Crippen LogP contribution in [0, 0.1) is 0 Å². The SMILES string of the molecule is CN(C)CCNc1nc(NCCCNC(=O)OC(C)(C)C)nc(NCCCNC(=O)OC(C)(C)C)n1. The maximum absolute atomic E-state index is 11.7. The molecular weight excluding hydrogens is 466 g/mol. The molecule has 0 saturated carbocycles. The molecule has 1 heterocycles. The zero-order valence-electron chi connectivity index (χ0n) is 23.1. The van der Waals surface area contributed by atoms with Crippen molar-refractivity contribution >= 4 is 30.0 Å². The van der Waals surface area contributed by atoms with E-state index in [0.717, 1.165) is 6.54 Å². The molecule has 0 aliphatic carbocycles. The molecule has 36 heavy (non-hydrogen) atoms. The lowest BCUT2D eigenvalue weighted by molar-refractivity contribution is 0.0516. The molecule has 0 aliphatic rings. The van der Waals surface area contributed by atoms with Crippen molar-refractivity contribution in [1.82, 2.24) is 30.5 Å². The maximum atomic E-state index is 11.7. The summed E-state index contributed by atoms with van der Waals surface area (Å²) in [5, 5.41) is 15.0. The molecule has 13 nitrogen and oxygen atoms in total. The second kappa shape index (κ2) is 15.1. The van der Waals surface area contributed by atoms with Crippen molar-refractivity contribution in [2.75, 3.05) is 69.3 Å². The lowest BCUT2D eigenvalue weighted by atomic mass is 10.2. The second-order valence-corrected chi connectivity index (χ2v) is 10.5. The smallest absolute Gasteiger partial charge is 0.407 e. The average molecular weight is 512 g/mol. The van der Waals surface area contributed by atoms with E-state index in [9.17, 15) is 9.59 Å². The summed E-state index contributed by atoms with van der Waals surface area (Å²) in [6, 6.07) is 0. The molecule has 206 valence electrons. The number of hydrogen-bond acceptors (Lipinski definition) is 11. The van der Waals surface area contributed by atoms with Gasteiger partial charge in [0.15, 0.2) is 0 Å². The van der Waals surface area contributed by atoms with Gasteiger partial charge in [-0.15, -0.1) is 0 Å². The molecule has 5 N–H and O–H groups in total. The van der Waals surface area contributed by atoms with Crippen LogP contribution in [0.15, 0.2) is 0 Å². The Morgan fingerprint density at radius 3 is 1.36 bits per heavy atom. The van der Waals surface area contributed by atoms with Crippen LogP contribution >= 0.6 is 0 Å². The van der Waals surface area contributed by atoms with Crippen molar-refractivity contribution in [3.63, 3.8) is 0 Å². The summed E-state index contributed by atoms with van der Waals surface area (Å²) < 4.78 is 10.4. The molecule has 1 aromatic rings. The molecule has 0 atom stereocenters. The quantitative estimate of drug-likeness (QED) is 0.234. The van der Waals surface area contributed by atoms with Crippen LogP contribution in [0.4, 0.5) is 27.4 Å². The minimum Gasteiger partial charge on any atom is -0.444 e. The average Bonchev–Trinajstić information content (AvgIpc) is 2.70. The largest absolute Gasteiger partial charge is 0.444 e. The third-order valence-corrected chi connectivity index (χ3v) is 4.09. The van der Waals surface area contributed by atoms with Gasteiger partial charge in [-0.3, -0.25) is 0 Å². The van der Waals surface area contributed by atoms with Crippen LogP contribution in [-0.2, 0) is 9.47 Å². The van der Waals surface area contributed by atoms with Crippen molar-refractivity contribution < 1.29 is 19.1 Å². The van der Waals surface area contributed by atoms with Crippen molar-refractivity contribution in [3.05, 3.63) is 0 Å². The molecule has 0 radical (unpaired) electrons. The van der Waals surface area contributed by atoms with Crippen LogP contribution < -0.4 is 26.6 Å². The highest BCUT2D eigenvalue weighted by molar-refractivity contribution is 5.67. The van der Waals surface area contributed by atoms with Gasteiger partial charge < -0.3 is 41.0 Å². The number of likely N-dealkylation sites (N-methyl/N-ethyl adjacent to an activating group) is 1. The third kappa shape index (κ3) is 16.5.